The van der Waals surface area contributed by atoms with Crippen molar-refractivity contribution in [2.45, 2.75) is 128 Å². The van der Waals surface area contributed by atoms with E-state index in [-0.39, 0.29) is 12.6 Å². The molecule has 0 bridgehead atoms. The molecular weight excluding hydrogens is 412 g/mol. The number of carbonyl (C=O) groups excluding carboxylic acids is 1. The van der Waals surface area contributed by atoms with Crippen molar-refractivity contribution in [3.63, 3.8) is 0 Å². The minimum absolute atomic E-state index is 0.186. The molecule has 1 aliphatic heterocycles. The van der Waals surface area contributed by atoms with Crippen LogP contribution in [0.3, 0.4) is 0 Å². The van der Waals surface area contributed by atoms with Crippen LogP contribution in [0.4, 0.5) is 0 Å². The monoisotopic (exact) mass is 458 g/mol. The van der Waals surface area contributed by atoms with Gasteiger partial charge < -0.3 is 29.5 Å². The van der Waals surface area contributed by atoms with Crippen LogP contribution in [0, 0.1) is 0 Å². The molecule has 0 aliphatic carbocycles. The summed E-state index contributed by atoms with van der Waals surface area (Å²) in [4.78, 5) is 11.9. The van der Waals surface area contributed by atoms with Crippen LogP contribution >= 0.6 is 0 Å². The summed E-state index contributed by atoms with van der Waals surface area (Å²) in [5, 5.41) is 29.5. The van der Waals surface area contributed by atoms with Crippen LogP contribution in [-0.2, 0) is 19.0 Å². The van der Waals surface area contributed by atoms with Gasteiger partial charge >= 0.3 is 5.97 Å². The van der Waals surface area contributed by atoms with Crippen LogP contribution in [-0.4, -0.2) is 65.7 Å². The summed E-state index contributed by atoms with van der Waals surface area (Å²) in [6.07, 6.45) is 14.4. The van der Waals surface area contributed by atoms with E-state index in [1.165, 1.54) is 58.5 Å². The van der Waals surface area contributed by atoms with E-state index in [0.29, 0.717) is 6.42 Å². The van der Waals surface area contributed by atoms with Crippen LogP contribution in [0.25, 0.3) is 0 Å². The molecule has 0 aromatic carbocycles. The van der Waals surface area contributed by atoms with E-state index in [4.69, 9.17) is 14.2 Å². The third-order valence-electron chi connectivity index (χ3n) is 5.95. The minimum Gasteiger partial charge on any atom is -0.463 e. The number of methoxy groups -OCH3 is 1. The second-order valence-electron chi connectivity index (χ2n) is 8.77. The fourth-order valence-corrected chi connectivity index (χ4v) is 3.84. The Labute approximate surface area is 194 Å². The van der Waals surface area contributed by atoms with Gasteiger partial charge in [-0.2, -0.15) is 0 Å². The van der Waals surface area contributed by atoms with Crippen molar-refractivity contribution in [2.24, 2.45) is 0 Å². The molecule has 1 fully saturated rings. The summed E-state index contributed by atoms with van der Waals surface area (Å²) < 4.78 is 15.4. The quantitative estimate of drug-likeness (QED) is 0.162. The van der Waals surface area contributed by atoms with Gasteiger partial charge in [-0.3, -0.25) is 4.79 Å². The zero-order valence-electron chi connectivity index (χ0n) is 20.1. The van der Waals surface area contributed by atoms with E-state index >= 15 is 0 Å². The summed E-state index contributed by atoms with van der Waals surface area (Å²) in [6, 6.07) is 0. The molecule has 1 heterocycles. The molecule has 0 amide bonds. The van der Waals surface area contributed by atoms with Crippen molar-refractivity contribution in [3.05, 3.63) is 12.2 Å². The molecule has 7 nitrogen and oxygen atoms in total. The normalized spacial score (nSPS) is 26.0. The first kappa shape index (κ1) is 29.0. The maximum absolute atomic E-state index is 11.9. The maximum atomic E-state index is 11.9. The van der Waals surface area contributed by atoms with Gasteiger partial charge in [0.15, 0.2) is 6.29 Å². The number of rotatable bonds is 18. The number of aliphatic hydroxyl groups excluding tert-OH is 3. The lowest BCUT2D eigenvalue weighted by Crippen LogP contribution is -2.59. The molecule has 32 heavy (non-hydrogen) atoms. The number of aliphatic hydroxyl groups is 3. The molecule has 7 heteroatoms. The Morgan fingerprint density at radius 2 is 1.38 bits per heavy atom. The molecule has 0 saturated carbocycles. The predicted octanol–water partition coefficient (Wildman–Crippen LogP) is 4.02. The highest BCUT2D eigenvalue weighted by molar-refractivity contribution is 5.69. The van der Waals surface area contributed by atoms with Crippen LogP contribution < -0.4 is 0 Å². The second kappa shape index (κ2) is 18.4. The van der Waals surface area contributed by atoms with Gasteiger partial charge in [0.1, 0.15) is 31.0 Å². The Kier molecular flexibility index (Phi) is 16.7. The van der Waals surface area contributed by atoms with E-state index < -0.39 is 30.7 Å². The van der Waals surface area contributed by atoms with Gasteiger partial charge in [-0.25, -0.2) is 0 Å². The Morgan fingerprint density at radius 1 is 0.812 bits per heavy atom. The zero-order chi connectivity index (χ0) is 23.6. The molecular formula is C25H46O7. The molecule has 0 aromatic rings. The minimum atomic E-state index is -1.41. The number of hydrogen-bond acceptors (Lipinski definition) is 7. The molecule has 1 saturated heterocycles. The average molecular weight is 459 g/mol. The summed E-state index contributed by atoms with van der Waals surface area (Å²) in [6.45, 7) is 2.06. The summed E-state index contributed by atoms with van der Waals surface area (Å²) in [5.74, 6) is -0.354. The first-order valence-electron chi connectivity index (χ1n) is 12.5. The Hall–Kier alpha value is -0.990. The summed E-state index contributed by atoms with van der Waals surface area (Å²) in [7, 11) is 1.33. The summed E-state index contributed by atoms with van der Waals surface area (Å²) in [5.41, 5.74) is 0. The van der Waals surface area contributed by atoms with Crippen molar-refractivity contribution in [1.29, 1.82) is 0 Å². The lowest BCUT2D eigenvalue weighted by Gasteiger charge is -2.39. The molecule has 188 valence electrons. The number of ether oxygens (including phenoxy) is 3. The highest BCUT2D eigenvalue weighted by atomic mass is 16.7. The van der Waals surface area contributed by atoms with E-state index in [1.54, 1.807) is 0 Å². The molecule has 0 spiro atoms. The smallest absolute Gasteiger partial charge is 0.305 e. The van der Waals surface area contributed by atoms with E-state index in [0.717, 1.165) is 32.1 Å². The highest BCUT2D eigenvalue weighted by Crippen LogP contribution is 2.22. The van der Waals surface area contributed by atoms with Crippen molar-refractivity contribution < 1.29 is 34.3 Å². The number of carbonyl (C=O) groups is 1. The maximum Gasteiger partial charge on any atom is 0.305 e. The molecule has 1 rings (SSSR count). The van der Waals surface area contributed by atoms with Gasteiger partial charge in [-0.15, -0.1) is 0 Å². The van der Waals surface area contributed by atoms with Crippen molar-refractivity contribution in [3.8, 4) is 0 Å². The number of unbranched alkanes of at least 4 members (excludes halogenated alkanes) is 11. The Morgan fingerprint density at radius 3 is 1.97 bits per heavy atom. The van der Waals surface area contributed by atoms with Gasteiger partial charge in [-0.05, 0) is 32.1 Å². The fourth-order valence-electron chi connectivity index (χ4n) is 3.84. The SMILES string of the molecule is CCCCCCCC/C=C\CCCCCCCC(=O)OC[C@H]1OC(OC)[C@H](O)[C@@H](O)[C@@H]1O. The van der Waals surface area contributed by atoms with Gasteiger partial charge in [0.25, 0.3) is 0 Å². The Balaban J connectivity index is 1.97. The van der Waals surface area contributed by atoms with Crippen LogP contribution in [0.1, 0.15) is 96.8 Å². The third-order valence-corrected chi connectivity index (χ3v) is 5.95. The Bertz CT molecular complexity index is 495. The number of hydrogen-bond donors (Lipinski definition) is 3. The standard InChI is InChI=1S/C25H46O7/c1-3-4-5-6-7-8-9-10-11-12-13-14-15-16-17-18-21(26)31-19-20-22(27)23(28)24(29)25(30-2)32-20/h10-11,20,22-25,27-29H,3-9,12-19H2,1-2H3/b11-10-/t20-,22-,23+,24-,25?/m1/s1. The van der Waals surface area contributed by atoms with E-state index in [9.17, 15) is 20.1 Å². The summed E-state index contributed by atoms with van der Waals surface area (Å²) >= 11 is 0. The van der Waals surface area contributed by atoms with Crippen LogP contribution in [0.5, 0.6) is 0 Å². The van der Waals surface area contributed by atoms with E-state index in [2.05, 4.69) is 19.1 Å². The number of esters is 1. The topological polar surface area (TPSA) is 105 Å². The third kappa shape index (κ3) is 12.3. The van der Waals surface area contributed by atoms with Crippen molar-refractivity contribution >= 4 is 5.97 Å². The lowest BCUT2D eigenvalue weighted by molar-refractivity contribution is -0.295. The highest BCUT2D eigenvalue weighted by Gasteiger charge is 2.44. The second-order valence-corrected chi connectivity index (χ2v) is 8.77. The van der Waals surface area contributed by atoms with Gasteiger partial charge in [0, 0.05) is 13.5 Å². The largest absolute Gasteiger partial charge is 0.463 e. The van der Waals surface area contributed by atoms with Crippen molar-refractivity contribution in [1.82, 2.24) is 0 Å². The fraction of sp³-hybridized carbons (Fsp3) is 0.880. The zero-order valence-corrected chi connectivity index (χ0v) is 20.1. The molecule has 1 unspecified atom stereocenters. The van der Waals surface area contributed by atoms with Gasteiger partial charge in [-0.1, -0.05) is 70.4 Å². The van der Waals surface area contributed by atoms with Crippen molar-refractivity contribution in [2.75, 3.05) is 13.7 Å². The van der Waals surface area contributed by atoms with Crippen LogP contribution in [0.2, 0.25) is 0 Å². The van der Waals surface area contributed by atoms with Crippen LogP contribution in [0.15, 0.2) is 12.2 Å². The molecule has 3 N–H and O–H groups in total. The predicted molar refractivity (Wildman–Crippen MR) is 124 cm³/mol. The molecule has 0 aromatic heterocycles. The first-order chi connectivity index (χ1) is 15.5. The molecule has 5 atom stereocenters. The first-order valence-corrected chi connectivity index (χ1v) is 12.5. The van der Waals surface area contributed by atoms with Gasteiger partial charge in [0.2, 0.25) is 0 Å². The van der Waals surface area contributed by atoms with Gasteiger partial charge in [0.05, 0.1) is 0 Å². The molecule has 0 radical (unpaired) electrons. The number of allylic oxidation sites excluding steroid dienone is 2. The lowest BCUT2D eigenvalue weighted by atomic mass is 9.99. The molecule has 1 aliphatic rings. The average Bonchev–Trinajstić information content (AvgIpc) is 2.79. The van der Waals surface area contributed by atoms with E-state index in [1.807, 2.05) is 0 Å².